The molecule has 2 atom stereocenters. The molecule has 0 aromatic carbocycles. The molecule has 1 aromatic rings. The van der Waals surface area contributed by atoms with Crippen molar-refractivity contribution in [2.24, 2.45) is 0 Å². The van der Waals surface area contributed by atoms with Gasteiger partial charge in [0.2, 0.25) is 17.7 Å². The number of methoxy groups -OCH3 is 1. The Hall–Kier alpha value is -2.11. The topological polar surface area (TPSA) is 71.5 Å². The number of carbonyl (C=O) groups is 2. The number of nitrogens with one attached hydrogen (secondary N) is 1. The number of amides is 2. The van der Waals surface area contributed by atoms with Crippen LogP contribution in [-0.2, 0) is 16.1 Å². The molecule has 2 amide bonds. The summed E-state index contributed by atoms with van der Waals surface area (Å²) in [6.07, 6.45) is 0. The van der Waals surface area contributed by atoms with Gasteiger partial charge in [0, 0.05) is 6.07 Å². The zero-order chi connectivity index (χ0) is 14.0. The molecular formula is C13H17N3O3. The van der Waals surface area contributed by atoms with Crippen molar-refractivity contribution in [3.05, 3.63) is 23.9 Å². The Kier molecular flexibility index (Phi) is 3.69. The molecule has 6 heteroatoms. The standard InChI is InChI=1S/C13H17N3O3/c1-8-13(18)16(9(2)12(17)14-8)7-10-5-4-6-11(15-10)19-3/h4-6,8-9H,7H2,1-3H3,(H,14,17). The fourth-order valence-corrected chi connectivity index (χ4v) is 2.03. The molecule has 6 nitrogen and oxygen atoms in total. The van der Waals surface area contributed by atoms with Crippen LogP contribution in [0.5, 0.6) is 5.88 Å². The van der Waals surface area contributed by atoms with Crippen molar-refractivity contribution in [1.29, 1.82) is 0 Å². The average molecular weight is 263 g/mol. The lowest BCUT2D eigenvalue weighted by molar-refractivity contribution is -0.148. The molecule has 1 fully saturated rings. The Morgan fingerprint density at radius 3 is 2.79 bits per heavy atom. The highest BCUT2D eigenvalue weighted by molar-refractivity contribution is 5.96. The largest absolute Gasteiger partial charge is 0.481 e. The van der Waals surface area contributed by atoms with Gasteiger partial charge in [0.1, 0.15) is 12.1 Å². The highest BCUT2D eigenvalue weighted by atomic mass is 16.5. The van der Waals surface area contributed by atoms with Crippen LogP contribution in [0.2, 0.25) is 0 Å². The summed E-state index contributed by atoms with van der Waals surface area (Å²) >= 11 is 0. The highest BCUT2D eigenvalue weighted by Gasteiger charge is 2.35. The van der Waals surface area contributed by atoms with Crippen molar-refractivity contribution < 1.29 is 14.3 Å². The summed E-state index contributed by atoms with van der Waals surface area (Å²) in [5.74, 6) is 0.249. The van der Waals surface area contributed by atoms with Gasteiger partial charge in [-0.05, 0) is 19.9 Å². The first-order valence-corrected chi connectivity index (χ1v) is 6.13. The van der Waals surface area contributed by atoms with Crippen LogP contribution in [0.25, 0.3) is 0 Å². The van der Waals surface area contributed by atoms with Crippen LogP contribution in [-0.4, -0.2) is 40.9 Å². The third kappa shape index (κ3) is 2.67. The number of hydrogen-bond donors (Lipinski definition) is 1. The first-order valence-electron chi connectivity index (χ1n) is 6.13. The summed E-state index contributed by atoms with van der Waals surface area (Å²) in [5.41, 5.74) is 0.696. The number of ether oxygens (including phenoxy) is 1. The zero-order valence-electron chi connectivity index (χ0n) is 11.2. The monoisotopic (exact) mass is 263 g/mol. The van der Waals surface area contributed by atoms with Crippen molar-refractivity contribution in [2.45, 2.75) is 32.5 Å². The molecule has 2 heterocycles. The van der Waals surface area contributed by atoms with E-state index in [1.165, 1.54) is 12.0 Å². The second-order valence-corrected chi connectivity index (χ2v) is 4.54. The summed E-state index contributed by atoms with van der Waals surface area (Å²) < 4.78 is 5.05. The van der Waals surface area contributed by atoms with Gasteiger partial charge < -0.3 is 15.0 Å². The second kappa shape index (κ2) is 5.26. The maximum atomic E-state index is 12.1. The Balaban J connectivity index is 2.19. The molecule has 19 heavy (non-hydrogen) atoms. The lowest BCUT2D eigenvalue weighted by Crippen LogP contribution is -2.61. The molecule has 1 aromatic heterocycles. The Bertz CT molecular complexity index is 504. The SMILES string of the molecule is COc1cccc(CN2C(=O)C(C)NC(=O)C2C)n1. The summed E-state index contributed by atoms with van der Waals surface area (Å²) in [6, 6.07) is 4.37. The zero-order valence-corrected chi connectivity index (χ0v) is 11.2. The van der Waals surface area contributed by atoms with E-state index in [2.05, 4.69) is 10.3 Å². The Morgan fingerprint density at radius 1 is 1.37 bits per heavy atom. The summed E-state index contributed by atoms with van der Waals surface area (Å²) in [4.78, 5) is 29.6. The van der Waals surface area contributed by atoms with E-state index in [0.29, 0.717) is 18.1 Å². The van der Waals surface area contributed by atoms with E-state index in [4.69, 9.17) is 4.74 Å². The first kappa shape index (κ1) is 13.3. The molecular weight excluding hydrogens is 246 g/mol. The summed E-state index contributed by atoms with van der Waals surface area (Å²) in [5, 5.41) is 2.64. The fourth-order valence-electron chi connectivity index (χ4n) is 2.03. The van der Waals surface area contributed by atoms with Gasteiger partial charge in [-0.15, -0.1) is 0 Å². The minimum absolute atomic E-state index is 0.100. The third-order valence-corrected chi connectivity index (χ3v) is 3.18. The highest BCUT2D eigenvalue weighted by Crippen LogP contribution is 2.15. The number of nitrogens with zero attached hydrogens (tertiary/aromatic N) is 2. The number of piperazine rings is 1. The van der Waals surface area contributed by atoms with Crippen LogP contribution in [0.3, 0.4) is 0 Å². The van der Waals surface area contributed by atoms with Crippen LogP contribution in [0.1, 0.15) is 19.5 Å². The molecule has 0 radical (unpaired) electrons. The van der Waals surface area contributed by atoms with E-state index < -0.39 is 12.1 Å². The van der Waals surface area contributed by atoms with Crippen molar-refractivity contribution >= 4 is 11.8 Å². The van der Waals surface area contributed by atoms with E-state index in [1.54, 1.807) is 26.0 Å². The van der Waals surface area contributed by atoms with Crippen LogP contribution >= 0.6 is 0 Å². The molecule has 1 aliphatic rings. The van der Waals surface area contributed by atoms with Crippen molar-refractivity contribution in [2.75, 3.05) is 7.11 Å². The number of rotatable bonds is 3. The maximum Gasteiger partial charge on any atom is 0.245 e. The molecule has 0 bridgehead atoms. The van der Waals surface area contributed by atoms with E-state index in [9.17, 15) is 9.59 Å². The molecule has 1 N–H and O–H groups in total. The predicted octanol–water partition coefficient (Wildman–Crippen LogP) is 0.326. The van der Waals surface area contributed by atoms with Crippen molar-refractivity contribution in [1.82, 2.24) is 15.2 Å². The molecule has 0 saturated carbocycles. The molecule has 2 rings (SSSR count). The smallest absolute Gasteiger partial charge is 0.245 e. The van der Waals surface area contributed by atoms with Crippen LogP contribution < -0.4 is 10.1 Å². The van der Waals surface area contributed by atoms with Crippen LogP contribution in [0, 0.1) is 0 Å². The number of carbonyl (C=O) groups excluding carboxylic acids is 2. The van der Waals surface area contributed by atoms with Crippen molar-refractivity contribution in [3.63, 3.8) is 0 Å². The van der Waals surface area contributed by atoms with Crippen LogP contribution in [0.15, 0.2) is 18.2 Å². The van der Waals surface area contributed by atoms with E-state index in [1.807, 2.05) is 6.07 Å². The van der Waals surface area contributed by atoms with E-state index in [-0.39, 0.29) is 11.8 Å². The number of aromatic nitrogens is 1. The van der Waals surface area contributed by atoms with Gasteiger partial charge in [-0.3, -0.25) is 9.59 Å². The minimum Gasteiger partial charge on any atom is -0.481 e. The van der Waals surface area contributed by atoms with Gasteiger partial charge in [-0.25, -0.2) is 4.98 Å². The molecule has 1 aliphatic heterocycles. The van der Waals surface area contributed by atoms with Gasteiger partial charge in [0.05, 0.1) is 19.3 Å². The summed E-state index contributed by atoms with van der Waals surface area (Å²) in [7, 11) is 1.54. The Morgan fingerprint density at radius 2 is 2.11 bits per heavy atom. The fraction of sp³-hybridized carbons (Fsp3) is 0.462. The molecule has 0 aliphatic carbocycles. The number of pyridine rings is 1. The van der Waals surface area contributed by atoms with E-state index in [0.717, 1.165) is 0 Å². The lowest BCUT2D eigenvalue weighted by atomic mass is 10.1. The molecule has 102 valence electrons. The van der Waals surface area contributed by atoms with Gasteiger partial charge in [-0.1, -0.05) is 6.07 Å². The number of hydrogen-bond acceptors (Lipinski definition) is 4. The summed E-state index contributed by atoms with van der Waals surface area (Å²) in [6.45, 7) is 3.69. The quantitative estimate of drug-likeness (QED) is 0.853. The molecule has 1 saturated heterocycles. The average Bonchev–Trinajstić information content (AvgIpc) is 2.41. The molecule has 0 spiro atoms. The Labute approximate surface area is 111 Å². The van der Waals surface area contributed by atoms with E-state index >= 15 is 0 Å². The van der Waals surface area contributed by atoms with Gasteiger partial charge in [-0.2, -0.15) is 0 Å². The lowest BCUT2D eigenvalue weighted by Gasteiger charge is -2.35. The maximum absolute atomic E-state index is 12.1. The third-order valence-electron chi connectivity index (χ3n) is 3.18. The van der Waals surface area contributed by atoms with Crippen LogP contribution in [0.4, 0.5) is 0 Å². The van der Waals surface area contributed by atoms with Gasteiger partial charge >= 0.3 is 0 Å². The van der Waals surface area contributed by atoms with Gasteiger partial charge in [0.15, 0.2) is 0 Å². The van der Waals surface area contributed by atoms with Crippen molar-refractivity contribution in [3.8, 4) is 5.88 Å². The minimum atomic E-state index is -0.491. The van der Waals surface area contributed by atoms with Gasteiger partial charge in [0.25, 0.3) is 0 Å². The first-order chi connectivity index (χ1) is 9.02. The predicted molar refractivity (Wildman–Crippen MR) is 68.4 cm³/mol. The normalized spacial score (nSPS) is 23.2. The second-order valence-electron chi connectivity index (χ2n) is 4.54. The molecule has 2 unspecified atom stereocenters.